The molecule has 2 rings (SSSR count). The molecule has 2 aromatic carbocycles. The van der Waals surface area contributed by atoms with Crippen molar-refractivity contribution in [3.63, 3.8) is 0 Å². The zero-order valence-corrected chi connectivity index (χ0v) is 14.7. The van der Waals surface area contributed by atoms with Gasteiger partial charge >= 0.3 is 0 Å². The Labute approximate surface area is 157 Å². The molecule has 0 unspecified atom stereocenters. The van der Waals surface area contributed by atoms with Crippen LogP contribution in [0.25, 0.3) is 11.1 Å². The van der Waals surface area contributed by atoms with Gasteiger partial charge in [0, 0.05) is 5.56 Å². The quantitative estimate of drug-likeness (QED) is 0.333. The number of hydrogen-bond donors (Lipinski definition) is 1. The lowest BCUT2D eigenvalue weighted by molar-refractivity contribution is 0.0990. The predicted octanol–water partition coefficient (Wildman–Crippen LogP) is 6.28. The van der Waals surface area contributed by atoms with E-state index >= 15 is 0 Å². The van der Waals surface area contributed by atoms with Crippen LogP contribution in [-0.4, -0.2) is 5.91 Å². The molecule has 0 aromatic heterocycles. The van der Waals surface area contributed by atoms with Crippen molar-refractivity contribution in [2.24, 2.45) is 5.73 Å². The van der Waals surface area contributed by atoms with Gasteiger partial charge in [0.05, 0.1) is 30.7 Å². The summed E-state index contributed by atoms with van der Waals surface area (Å²) in [5.74, 6) is -9.67. The highest BCUT2D eigenvalue weighted by Gasteiger charge is 2.32. The molecule has 2 nitrogen and oxygen atoms in total. The van der Waals surface area contributed by atoms with Crippen LogP contribution in [-0.2, 0) is 0 Å². The van der Waals surface area contributed by atoms with E-state index in [4.69, 9.17) is 63.7 Å². The summed E-state index contributed by atoms with van der Waals surface area (Å²) >= 11 is 28.9. The fraction of sp³-hybridized carbons (Fsp3) is 0. The standard InChI is InChI=1S/C13H2Cl5F4NO/c14-4-1(5(15)7(17)8(18)6(4)16)2-9(19)11(21)3(13(23)24)12(22)10(2)20/h(H2,23,24). The summed E-state index contributed by atoms with van der Waals surface area (Å²) in [6.07, 6.45) is 0. The molecule has 11 heteroatoms. The number of primary amides is 1. The lowest BCUT2D eigenvalue weighted by Crippen LogP contribution is -2.19. The summed E-state index contributed by atoms with van der Waals surface area (Å²) in [6.45, 7) is 0. The van der Waals surface area contributed by atoms with Crippen molar-refractivity contribution < 1.29 is 22.4 Å². The molecule has 0 heterocycles. The Morgan fingerprint density at radius 3 is 1.29 bits per heavy atom. The van der Waals surface area contributed by atoms with Gasteiger partial charge in [0.1, 0.15) is 5.56 Å². The number of carbonyl (C=O) groups excluding carboxylic acids is 1. The molecule has 0 radical (unpaired) electrons. The van der Waals surface area contributed by atoms with Gasteiger partial charge in [-0.25, -0.2) is 17.6 Å². The van der Waals surface area contributed by atoms with Crippen LogP contribution in [0.5, 0.6) is 0 Å². The zero-order valence-electron chi connectivity index (χ0n) is 10.9. The largest absolute Gasteiger partial charge is 0.365 e. The molecule has 0 aliphatic heterocycles. The van der Waals surface area contributed by atoms with Gasteiger partial charge in [0.15, 0.2) is 23.3 Å². The Morgan fingerprint density at radius 2 is 0.958 bits per heavy atom. The number of hydrogen-bond acceptors (Lipinski definition) is 1. The van der Waals surface area contributed by atoms with E-state index in [0.717, 1.165) is 0 Å². The highest BCUT2D eigenvalue weighted by molar-refractivity contribution is 6.56. The number of nitrogens with two attached hydrogens (primary N) is 1. The first-order chi connectivity index (χ1) is 11.0. The Kier molecular flexibility index (Phi) is 5.47. The predicted molar refractivity (Wildman–Crippen MR) is 85.3 cm³/mol. The lowest BCUT2D eigenvalue weighted by atomic mass is 10.00. The van der Waals surface area contributed by atoms with E-state index in [1.807, 2.05) is 0 Å². The molecular weight excluding hydrogens is 439 g/mol. The number of halogens is 9. The van der Waals surface area contributed by atoms with Crippen LogP contribution in [0.4, 0.5) is 17.6 Å². The Balaban J connectivity index is 3.04. The van der Waals surface area contributed by atoms with E-state index < -0.39 is 66.0 Å². The summed E-state index contributed by atoms with van der Waals surface area (Å²) in [5, 5.41) is -2.41. The fourth-order valence-corrected chi connectivity index (χ4v) is 3.22. The van der Waals surface area contributed by atoms with Gasteiger partial charge in [0.2, 0.25) is 0 Å². The fourth-order valence-electron chi connectivity index (χ4n) is 1.89. The van der Waals surface area contributed by atoms with Gasteiger partial charge in [-0.2, -0.15) is 0 Å². The summed E-state index contributed by atoms with van der Waals surface area (Å²) in [7, 11) is 0. The summed E-state index contributed by atoms with van der Waals surface area (Å²) in [5.41, 5.74) is 1.07. The Hall–Kier alpha value is -0.920. The summed E-state index contributed by atoms with van der Waals surface area (Å²) in [6, 6.07) is 0. The molecule has 128 valence electrons. The highest BCUT2D eigenvalue weighted by Crippen LogP contribution is 2.49. The van der Waals surface area contributed by atoms with Crippen molar-refractivity contribution in [1.29, 1.82) is 0 Å². The maximum absolute atomic E-state index is 14.2. The third kappa shape index (κ3) is 2.80. The molecule has 0 aliphatic carbocycles. The minimum atomic E-state index is -2.02. The lowest BCUT2D eigenvalue weighted by Gasteiger charge is -2.15. The normalized spacial score (nSPS) is 11.0. The molecule has 24 heavy (non-hydrogen) atoms. The van der Waals surface area contributed by atoms with E-state index in [0.29, 0.717) is 0 Å². The number of benzene rings is 2. The number of rotatable bonds is 2. The molecule has 0 saturated carbocycles. The Bertz CT molecular complexity index is 845. The van der Waals surface area contributed by atoms with E-state index in [1.54, 1.807) is 0 Å². The second kappa shape index (κ2) is 6.77. The second-order valence-electron chi connectivity index (χ2n) is 4.32. The summed E-state index contributed by atoms with van der Waals surface area (Å²) < 4.78 is 56.3. The SMILES string of the molecule is NC(=O)c1c(F)c(F)c(-c2c(Cl)c(Cl)c(Cl)c(Cl)c2Cl)c(F)c1F. The Morgan fingerprint density at radius 1 is 0.625 bits per heavy atom. The maximum atomic E-state index is 14.2. The van der Waals surface area contributed by atoms with Gasteiger partial charge in [-0.15, -0.1) is 0 Å². The van der Waals surface area contributed by atoms with Gasteiger partial charge in [-0.05, 0) is 0 Å². The van der Waals surface area contributed by atoms with Gasteiger partial charge in [0.25, 0.3) is 5.91 Å². The van der Waals surface area contributed by atoms with Crippen molar-refractivity contribution in [3.8, 4) is 11.1 Å². The van der Waals surface area contributed by atoms with E-state index in [-0.39, 0.29) is 5.02 Å². The molecule has 2 aromatic rings. The van der Waals surface area contributed by atoms with E-state index in [2.05, 4.69) is 0 Å². The van der Waals surface area contributed by atoms with Crippen LogP contribution in [0.15, 0.2) is 0 Å². The van der Waals surface area contributed by atoms with E-state index in [9.17, 15) is 22.4 Å². The smallest absolute Gasteiger partial charge is 0.254 e. The van der Waals surface area contributed by atoms with Crippen LogP contribution in [0, 0.1) is 23.3 Å². The topological polar surface area (TPSA) is 43.1 Å². The van der Waals surface area contributed by atoms with Crippen LogP contribution in [0.3, 0.4) is 0 Å². The number of amides is 1. The number of carbonyl (C=O) groups is 1. The van der Waals surface area contributed by atoms with E-state index in [1.165, 1.54) is 0 Å². The first-order valence-corrected chi connectivity index (χ1v) is 7.58. The first-order valence-electron chi connectivity index (χ1n) is 5.69. The average molecular weight is 441 g/mol. The molecular formula is C13H2Cl5F4NO. The highest BCUT2D eigenvalue weighted by atomic mass is 35.5. The van der Waals surface area contributed by atoms with Crippen LogP contribution in [0.2, 0.25) is 25.1 Å². The van der Waals surface area contributed by atoms with Crippen LogP contribution >= 0.6 is 58.0 Å². The molecule has 0 bridgehead atoms. The zero-order chi connectivity index (χ0) is 18.5. The first kappa shape index (κ1) is 19.4. The summed E-state index contributed by atoms with van der Waals surface area (Å²) in [4.78, 5) is 11.0. The van der Waals surface area contributed by atoms with Crippen LogP contribution < -0.4 is 5.73 Å². The van der Waals surface area contributed by atoms with Crippen molar-refractivity contribution in [2.75, 3.05) is 0 Å². The van der Waals surface area contributed by atoms with Gasteiger partial charge in [-0.3, -0.25) is 4.79 Å². The van der Waals surface area contributed by atoms with Crippen molar-refractivity contribution in [3.05, 3.63) is 53.9 Å². The molecule has 0 fully saturated rings. The minimum absolute atomic E-state index is 0.326. The van der Waals surface area contributed by atoms with Gasteiger partial charge < -0.3 is 5.73 Å². The van der Waals surface area contributed by atoms with Gasteiger partial charge in [-0.1, -0.05) is 58.0 Å². The minimum Gasteiger partial charge on any atom is -0.365 e. The molecule has 1 amide bonds. The molecule has 0 saturated heterocycles. The monoisotopic (exact) mass is 439 g/mol. The second-order valence-corrected chi connectivity index (χ2v) is 6.20. The molecule has 0 spiro atoms. The average Bonchev–Trinajstić information content (AvgIpc) is 2.52. The molecule has 0 atom stereocenters. The molecule has 2 N–H and O–H groups in total. The van der Waals surface area contributed by atoms with Crippen molar-refractivity contribution in [1.82, 2.24) is 0 Å². The third-order valence-electron chi connectivity index (χ3n) is 2.97. The maximum Gasteiger partial charge on any atom is 0.254 e. The van der Waals surface area contributed by atoms with Crippen molar-refractivity contribution in [2.45, 2.75) is 0 Å². The van der Waals surface area contributed by atoms with Crippen LogP contribution in [0.1, 0.15) is 10.4 Å². The van der Waals surface area contributed by atoms with Crippen molar-refractivity contribution >= 4 is 63.9 Å². The third-order valence-corrected chi connectivity index (χ3v) is 5.25. The molecule has 0 aliphatic rings.